The van der Waals surface area contributed by atoms with Crippen LogP contribution in [0.5, 0.6) is 0 Å². The molecule has 0 aromatic heterocycles. The zero-order valence-electron chi connectivity index (χ0n) is 15.3. The molecular formula is C22H29NO3. The van der Waals surface area contributed by atoms with Crippen molar-refractivity contribution in [2.24, 2.45) is 23.2 Å². The number of rotatable bonds is 7. The van der Waals surface area contributed by atoms with Crippen molar-refractivity contribution in [2.45, 2.75) is 63.8 Å². The van der Waals surface area contributed by atoms with Crippen LogP contribution in [0.2, 0.25) is 0 Å². The summed E-state index contributed by atoms with van der Waals surface area (Å²) >= 11 is 0. The van der Waals surface area contributed by atoms with Gasteiger partial charge in [-0.2, -0.15) is 0 Å². The standard InChI is InChI=1S/C22H29NO3/c24-20(25)7-6-19(11-15-4-2-1-3-5-15)23-21(26)22-12-16-8-17(13-22)10-18(9-16)14-22/h1-5,16-19H,6-14H2,(H,23,26)(H,24,25). The molecule has 0 radical (unpaired) electrons. The fraction of sp³-hybridized carbons (Fsp3) is 0.636. The molecule has 0 heterocycles. The zero-order valence-corrected chi connectivity index (χ0v) is 15.3. The molecule has 4 aliphatic rings. The number of aliphatic carboxylic acids is 1. The Morgan fingerprint density at radius 1 is 1.04 bits per heavy atom. The molecule has 4 aliphatic carbocycles. The normalized spacial score (nSPS) is 33.0. The van der Waals surface area contributed by atoms with Crippen molar-refractivity contribution in [2.75, 3.05) is 0 Å². The molecule has 0 saturated heterocycles. The largest absolute Gasteiger partial charge is 0.481 e. The summed E-state index contributed by atoms with van der Waals surface area (Å²) < 4.78 is 0. The van der Waals surface area contributed by atoms with E-state index in [0.717, 1.165) is 42.6 Å². The summed E-state index contributed by atoms with van der Waals surface area (Å²) in [6.45, 7) is 0. The molecule has 4 fully saturated rings. The van der Waals surface area contributed by atoms with Crippen LogP contribution in [0.15, 0.2) is 30.3 Å². The van der Waals surface area contributed by atoms with Gasteiger partial charge in [0.25, 0.3) is 0 Å². The summed E-state index contributed by atoms with van der Waals surface area (Å²) in [6.07, 6.45) is 8.37. The first-order valence-corrected chi connectivity index (χ1v) is 10.1. The summed E-state index contributed by atoms with van der Waals surface area (Å²) in [4.78, 5) is 24.3. The number of hydrogen-bond acceptors (Lipinski definition) is 2. The topological polar surface area (TPSA) is 66.4 Å². The van der Waals surface area contributed by atoms with Gasteiger partial charge >= 0.3 is 5.97 Å². The first kappa shape index (κ1) is 17.6. The second kappa shape index (κ2) is 7.05. The van der Waals surface area contributed by atoms with Crippen molar-refractivity contribution < 1.29 is 14.7 Å². The van der Waals surface area contributed by atoms with Gasteiger partial charge in [0, 0.05) is 17.9 Å². The second-order valence-electron chi connectivity index (χ2n) is 8.99. The molecule has 4 heteroatoms. The Bertz CT molecular complexity index is 634. The van der Waals surface area contributed by atoms with Crippen molar-refractivity contribution in [3.63, 3.8) is 0 Å². The smallest absolute Gasteiger partial charge is 0.303 e. The molecule has 1 amide bonds. The lowest BCUT2D eigenvalue weighted by Crippen LogP contribution is -2.55. The van der Waals surface area contributed by atoms with Crippen molar-refractivity contribution in [1.82, 2.24) is 5.32 Å². The number of amides is 1. The predicted molar refractivity (Wildman–Crippen MR) is 99.6 cm³/mol. The van der Waals surface area contributed by atoms with Gasteiger partial charge in [-0.3, -0.25) is 9.59 Å². The summed E-state index contributed by atoms with van der Waals surface area (Å²) in [5.41, 5.74) is 0.973. The van der Waals surface area contributed by atoms with E-state index in [4.69, 9.17) is 5.11 Å². The number of benzene rings is 1. The maximum atomic E-state index is 13.3. The molecule has 26 heavy (non-hydrogen) atoms. The van der Waals surface area contributed by atoms with E-state index in [1.165, 1.54) is 19.3 Å². The average molecular weight is 355 g/mol. The van der Waals surface area contributed by atoms with E-state index in [2.05, 4.69) is 5.32 Å². The van der Waals surface area contributed by atoms with E-state index in [1.807, 2.05) is 30.3 Å². The SMILES string of the molecule is O=C(O)CCC(Cc1ccccc1)NC(=O)C12CC3CC(CC(C3)C1)C2. The van der Waals surface area contributed by atoms with Crippen LogP contribution in [0.25, 0.3) is 0 Å². The van der Waals surface area contributed by atoms with Gasteiger partial charge in [-0.1, -0.05) is 30.3 Å². The van der Waals surface area contributed by atoms with Crippen LogP contribution in [-0.4, -0.2) is 23.0 Å². The Morgan fingerprint density at radius 3 is 2.15 bits per heavy atom. The zero-order chi connectivity index (χ0) is 18.1. The number of carbonyl (C=O) groups excluding carboxylic acids is 1. The van der Waals surface area contributed by atoms with E-state index in [9.17, 15) is 9.59 Å². The van der Waals surface area contributed by atoms with Crippen LogP contribution >= 0.6 is 0 Å². The van der Waals surface area contributed by atoms with E-state index in [0.29, 0.717) is 12.8 Å². The van der Waals surface area contributed by atoms with Gasteiger partial charge in [-0.25, -0.2) is 0 Å². The summed E-state index contributed by atoms with van der Waals surface area (Å²) in [5, 5.41) is 12.4. The monoisotopic (exact) mass is 355 g/mol. The third-order valence-corrected chi connectivity index (χ3v) is 6.89. The minimum atomic E-state index is -0.799. The number of hydrogen-bond donors (Lipinski definition) is 2. The highest BCUT2D eigenvalue weighted by molar-refractivity contribution is 5.83. The molecule has 1 aromatic rings. The second-order valence-corrected chi connectivity index (χ2v) is 8.99. The molecule has 4 nitrogen and oxygen atoms in total. The molecule has 1 unspecified atom stereocenters. The Labute approximate surface area is 155 Å². The third-order valence-electron chi connectivity index (χ3n) is 6.89. The lowest BCUT2D eigenvalue weighted by molar-refractivity contribution is -0.147. The highest BCUT2D eigenvalue weighted by Gasteiger charge is 2.54. The number of carboxylic acids is 1. The van der Waals surface area contributed by atoms with Gasteiger partial charge in [-0.15, -0.1) is 0 Å². The van der Waals surface area contributed by atoms with Gasteiger partial charge in [0.1, 0.15) is 0 Å². The number of carboxylic acid groups (broad SMARTS) is 1. The Hall–Kier alpha value is -1.84. The minimum absolute atomic E-state index is 0.0959. The molecule has 140 valence electrons. The number of nitrogens with one attached hydrogen (secondary N) is 1. The van der Waals surface area contributed by atoms with Crippen molar-refractivity contribution in [3.05, 3.63) is 35.9 Å². The maximum absolute atomic E-state index is 13.3. The summed E-state index contributed by atoms with van der Waals surface area (Å²) in [5.74, 6) is 1.60. The molecule has 2 N–H and O–H groups in total. The Balaban J connectivity index is 1.46. The molecule has 0 spiro atoms. The van der Waals surface area contributed by atoms with Crippen molar-refractivity contribution in [3.8, 4) is 0 Å². The van der Waals surface area contributed by atoms with E-state index < -0.39 is 5.97 Å². The predicted octanol–water partition coefficient (Wildman–Crippen LogP) is 3.80. The first-order chi connectivity index (χ1) is 12.5. The van der Waals surface area contributed by atoms with E-state index in [-0.39, 0.29) is 23.8 Å². The van der Waals surface area contributed by atoms with Crippen LogP contribution in [0, 0.1) is 23.2 Å². The summed E-state index contributed by atoms with van der Waals surface area (Å²) in [6, 6.07) is 9.95. The maximum Gasteiger partial charge on any atom is 0.303 e. The van der Waals surface area contributed by atoms with Crippen LogP contribution in [0.1, 0.15) is 56.9 Å². The molecule has 0 aliphatic heterocycles. The lowest BCUT2D eigenvalue weighted by atomic mass is 9.49. The lowest BCUT2D eigenvalue weighted by Gasteiger charge is -2.55. The molecule has 4 saturated carbocycles. The van der Waals surface area contributed by atoms with Crippen LogP contribution in [0.3, 0.4) is 0 Å². The van der Waals surface area contributed by atoms with Gasteiger partial charge in [0.05, 0.1) is 0 Å². The summed E-state index contributed by atoms with van der Waals surface area (Å²) in [7, 11) is 0. The van der Waals surface area contributed by atoms with Crippen molar-refractivity contribution >= 4 is 11.9 Å². The van der Waals surface area contributed by atoms with Crippen LogP contribution in [0.4, 0.5) is 0 Å². The average Bonchev–Trinajstić information content (AvgIpc) is 2.59. The molecule has 5 rings (SSSR count). The van der Waals surface area contributed by atoms with Gasteiger partial charge in [-0.05, 0) is 74.7 Å². The van der Waals surface area contributed by atoms with Gasteiger partial charge < -0.3 is 10.4 Å². The fourth-order valence-electron chi connectivity index (χ4n) is 6.15. The fourth-order valence-corrected chi connectivity index (χ4v) is 6.15. The van der Waals surface area contributed by atoms with Gasteiger partial charge in [0.15, 0.2) is 0 Å². The van der Waals surface area contributed by atoms with Crippen LogP contribution < -0.4 is 5.32 Å². The van der Waals surface area contributed by atoms with Crippen molar-refractivity contribution in [1.29, 1.82) is 0 Å². The quantitative estimate of drug-likeness (QED) is 0.782. The van der Waals surface area contributed by atoms with Crippen LogP contribution in [-0.2, 0) is 16.0 Å². The van der Waals surface area contributed by atoms with E-state index >= 15 is 0 Å². The Morgan fingerprint density at radius 2 is 1.62 bits per heavy atom. The van der Waals surface area contributed by atoms with Gasteiger partial charge in [0.2, 0.25) is 5.91 Å². The molecule has 1 aromatic carbocycles. The highest BCUT2D eigenvalue weighted by atomic mass is 16.4. The molecule has 4 bridgehead atoms. The molecular weight excluding hydrogens is 326 g/mol. The highest BCUT2D eigenvalue weighted by Crippen LogP contribution is 2.60. The minimum Gasteiger partial charge on any atom is -0.481 e. The third kappa shape index (κ3) is 3.65. The van der Waals surface area contributed by atoms with E-state index in [1.54, 1.807) is 0 Å². The first-order valence-electron chi connectivity index (χ1n) is 10.1. The number of carbonyl (C=O) groups is 2. The molecule has 1 atom stereocenters. The Kier molecular flexibility index (Phi) is 4.76.